The molecule has 2 aliphatic heterocycles. The van der Waals surface area contributed by atoms with Crippen LogP contribution in [-0.2, 0) is 11.3 Å². The summed E-state index contributed by atoms with van der Waals surface area (Å²) >= 11 is 0. The summed E-state index contributed by atoms with van der Waals surface area (Å²) in [7, 11) is 0. The van der Waals surface area contributed by atoms with E-state index in [4.69, 9.17) is 4.74 Å². The monoisotopic (exact) mass is 398 g/mol. The Balaban J connectivity index is 1.45. The zero-order chi connectivity index (χ0) is 20.2. The van der Waals surface area contributed by atoms with Crippen LogP contribution in [0.2, 0.25) is 0 Å². The Labute approximate surface area is 174 Å². The van der Waals surface area contributed by atoms with Crippen molar-refractivity contribution in [3.8, 4) is 0 Å². The average Bonchev–Trinajstić information content (AvgIpc) is 3.41. The second-order valence-corrected chi connectivity index (χ2v) is 8.47. The third-order valence-corrected chi connectivity index (χ3v) is 6.28. The van der Waals surface area contributed by atoms with Crippen molar-refractivity contribution in [2.45, 2.75) is 65.1 Å². The lowest BCUT2D eigenvalue weighted by molar-refractivity contribution is 0.0891. The molecule has 1 aromatic heterocycles. The predicted molar refractivity (Wildman–Crippen MR) is 114 cm³/mol. The fourth-order valence-electron chi connectivity index (χ4n) is 4.64. The van der Waals surface area contributed by atoms with Gasteiger partial charge in [0.05, 0.1) is 18.7 Å². The Morgan fingerprint density at radius 3 is 2.72 bits per heavy atom. The number of tetrazole rings is 1. The molecule has 7 nitrogen and oxygen atoms in total. The first-order valence-electron chi connectivity index (χ1n) is 11.1. The predicted octanol–water partition coefficient (Wildman–Crippen LogP) is 3.13. The highest BCUT2D eigenvalue weighted by atomic mass is 16.5. The molecule has 2 fully saturated rings. The highest BCUT2D eigenvalue weighted by Crippen LogP contribution is 2.28. The van der Waals surface area contributed by atoms with Gasteiger partial charge in [-0.2, -0.15) is 0 Å². The van der Waals surface area contributed by atoms with E-state index < -0.39 is 0 Å². The minimum atomic E-state index is 0.251. The minimum Gasteiger partial charge on any atom is -0.376 e. The minimum absolute atomic E-state index is 0.251. The number of rotatable bonds is 7. The van der Waals surface area contributed by atoms with Gasteiger partial charge >= 0.3 is 0 Å². The third kappa shape index (κ3) is 4.61. The zero-order valence-electron chi connectivity index (χ0n) is 18.0. The Morgan fingerprint density at radius 2 is 2.00 bits per heavy atom. The van der Waals surface area contributed by atoms with E-state index in [-0.39, 0.29) is 12.1 Å². The zero-order valence-corrected chi connectivity index (χ0v) is 18.0. The van der Waals surface area contributed by atoms with Gasteiger partial charge in [-0.3, -0.25) is 4.90 Å². The van der Waals surface area contributed by atoms with E-state index in [1.807, 2.05) is 4.68 Å². The van der Waals surface area contributed by atoms with Crippen LogP contribution in [0.1, 0.15) is 55.6 Å². The number of aromatic nitrogens is 4. The molecular formula is C22H34N6O. The van der Waals surface area contributed by atoms with E-state index >= 15 is 0 Å². The van der Waals surface area contributed by atoms with Gasteiger partial charge in [-0.15, -0.1) is 5.10 Å². The van der Waals surface area contributed by atoms with Gasteiger partial charge in [-0.05, 0) is 60.7 Å². The fourth-order valence-corrected chi connectivity index (χ4v) is 4.64. The summed E-state index contributed by atoms with van der Waals surface area (Å²) in [5.74, 6) is 1.00. The molecule has 0 bridgehead atoms. The van der Waals surface area contributed by atoms with Crippen molar-refractivity contribution in [1.29, 1.82) is 0 Å². The maximum Gasteiger partial charge on any atom is 0.168 e. The number of hydrogen-bond acceptors (Lipinski definition) is 6. The molecule has 0 radical (unpaired) electrons. The van der Waals surface area contributed by atoms with Gasteiger partial charge in [0, 0.05) is 38.5 Å². The first-order valence-corrected chi connectivity index (χ1v) is 11.1. The van der Waals surface area contributed by atoms with Crippen LogP contribution in [0.25, 0.3) is 0 Å². The highest BCUT2D eigenvalue weighted by molar-refractivity contribution is 5.55. The van der Waals surface area contributed by atoms with E-state index in [9.17, 15) is 0 Å². The smallest absolute Gasteiger partial charge is 0.168 e. The van der Waals surface area contributed by atoms with Crippen molar-refractivity contribution in [2.75, 3.05) is 37.7 Å². The molecule has 0 aliphatic carbocycles. The average molecular weight is 399 g/mol. The van der Waals surface area contributed by atoms with Gasteiger partial charge in [0.15, 0.2) is 5.82 Å². The molecule has 29 heavy (non-hydrogen) atoms. The normalized spacial score (nSPS) is 21.6. The third-order valence-electron chi connectivity index (χ3n) is 6.28. The maximum absolute atomic E-state index is 5.81. The number of benzene rings is 1. The van der Waals surface area contributed by atoms with Gasteiger partial charge in [0.2, 0.25) is 0 Å². The van der Waals surface area contributed by atoms with Gasteiger partial charge < -0.3 is 9.64 Å². The Bertz CT molecular complexity index is 792. The lowest BCUT2D eigenvalue weighted by Crippen LogP contribution is -2.48. The number of hydrogen-bond donors (Lipinski definition) is 0. The summed E-state index contributed by atoms with van der Waals surface area (Å²) in [5.41, 5.74) is 4.06. The largest absolute Gasteiger partial charge is 0.376 e. The molecule has 2 aliphatic rings. The number of nitrogens with zero attached hydrogens (tertiary/aromatic N) is 6. The molecule has 7 heteroatoms. The van der Waals surface area contributed by atoms with Gasteiger partial charge in [0.1, 0.15) is 0 Å². The molecule has 0 saturated carbocycles. The van der Waals surface area contributed by atoms with Crippen molar-refractivity contribution < 1.29 is 4.74 Å². The molecule has 0 amide bonds. The lowest BCUT2D eigenvalue weighted by atomic mass is 10.1. The first kappa shape index (κ1) is 20.3. The number of aryl methyl sites for hydroxylation is 2. The van der Waals surface area contributed by atoms with E-state index in [1.54, 1.807) is 0 Å². The van der Waals surface area contributed by atoms with Crippen molar-refractivity contribution in [3.05, 3.63) is 35.2 Å². The molecule has 3 heterocycles. The molecule has 2 atom stereocenters. The second-order valence-electron chi connectivity index (χ2n) is 8.47. The van der Waals surface area contributed by atoms with E-state index in [0.717, 1.165) is 70.8 Å². The SMILES string of the molecule is CCCC(c1nnnn1CC1CCCO1)N1CCN(c2cc(C)ccc2C)CC1. The quantitative estimate of drug-likeness (QED) is 0.714. The molecule has 0 spiro atoms. The summed E-state index contributed by atoms with van der Waals surface area (Å²) in [5, 5.41) is 12.8. The fraction of sp³-hybridized carbons (Fsp3) is 0.682. The molecule has 2 unspecified atom stereocenters. The summed E-state index contributed by atoms with van der Waals surface area (Å²) in [4.78, 5) is 5.10. The van der Waals surface area contributed by atoms with E-state index in [1.165, 1.54) is 16.8 Å². The van der Waals surface area contributed by atoms with E-state index in [0.29, 0.717) is 0 Å². The molecule has 158 valence electrons. The second kappa shape index (κ2) is 9.22. The van der Waals surface area contributed by atoms with Crippen LogP contribution in [0.4, 0.5) is 5.69 Å². The first-order chi connectivity index (χ1) is 14.2. The number of ether oxygens (including phenoxy) is 1. The molecule has 1 aromatic carbocycles. The highest BCUT2D eigenvalue weighted by Gasteiger charge is 2.30. The molecular weight excluding hydrogens is 364 g/mol. The lowest BCUT2D eigenvalue weighted by Gasteiger charge is -2.40. The van der Waals surface area contributed by atoms with Crippen LogP contribution in [0.5, 0.6) is 0 Å². The molecule has 2 aromatic rings. The Kier molecular flexibility index (Phi) is 6.45. The van der Waals surface area contributed by atoms with Crippen molar-refractivity contribution in [3.63, 3.8) is 0 Å². The standard InChI is InChI=1S/C22H34N6O/c1-4-6-20(22-23-24-25-28(22)16-19-7-5-14-29-19)26-10-12-27(13-11-26)21-15-17(2)8-9-18(21)3/h8-9,15,19-20H,4-7,10-14,16H2,1-3H3. The maximum atomic E-state index is 5.81. The Morgan fingerprint density at radius 1 is 1.17 bits per heavy atom. The van der Waals surface area contributed by atoms with Crippen LogP contribution in [0, 0.1) is 13.8 Å². The molecule has 4 rings (SSSR count). The summed E-state index contributed by atoms with van der Waals surface area (Å²) < 4.78 is 7.81. The topological polar surface area (TPSA) is 59.3 Å². The van der Waals surface area contributed by atoms with Crippen LogP contribution in [0.15, 0.2) is 18.2 Å². The van der Waals surface area contributed by atoms with Crippen molar-refractivity contribution in [2.24, 2.45) is 0 Å². The summed E-state index contributed by atoms with van der Waals surface area (Å²) in [6.45, 7) is 12.4. The van der Waals surface area contributed by atoms with Gasteiger partial charge in [-0.1, -0.05) is 25.5 Å². The van der Waals surface area contributed by atoms with Gasteiger partial charge in [0.25, 0.3) is 0 Å². The number of piperazine rings is 1. The molecule has 2 saturated heterocycles. The summed E-state index contributed by atoms with van der Waals surface area (Å²) in [6, 6.07) is 7.02. The molecule has 0 N–H and O–H groups in total. The summed E-state index contributed by atoms with van der Waals surface area (Å²) in [6.07, 6.45) is 4.69. The van der Waals surface area contributed by atoms with Crippen LogP contribution in [0.3, 0.4) is 0 Å². The van der Waals surface area contributed by atoms with Crippen molar-refractivity contribution in [1.82, 2.24) is 25.1 Å². The Hall–Kier alpha value is -1.99. The van der Waals surface area contributed by atoms with E-state index in [2.05, 4.69) is 64.3 Å². The van der Waals surface area contributed by atoms with Crippen LogP contribution >= 0.6 is 0 Å². The van der Waals surface area contributed by atoms with Gasteiger partial charge in [-0.25, -0.2) is 4.68 Å². The van der Waals surface area contributed by atoms with Crippen LogP contribution < -0.4 is 4.90 Å². The van der Waals surface area contributed by atoms with Crippen molar-refractivity contribution >= 4 is 5.69 Å². The van der Waals surface area contributed by atoms with Crippen LogP contribution in [-0.4, -0.2) is 64.0 Å². The number of anilines is 1.